The molecule has 1 aliphatic rings. The molecule has 1 fully saturated rings. The lowest BCUT2D eigenvalue weighted by molar-refractivity contribution is -0.138. The fourth-order valence-electron chi connectivity index (χ4n) is 1.86. The molecule has 0 spiro atoms. The molecule has 0 bridgehead atoms. The maximum Gasteiger partial charge on any atom is 0.322 e. The van der Waals surface area contributed by atoms with E-state index < -0.39 is 18.4 Å². The van der Waals surface area contributed by atoms with Crippen LogP contribution in [-0.4, -0.2) is 46.9 Å². The first-order valence-corrected chi connectivity index (χ1v) is 5.74. The molecule has 2 unspecified atom stereocenters. The quantitative estimate of drug-likeness (QED) is 0.701. The van der Waals surface area contributed by atoms with E-state index in [1.807, 2.05) is 13.8 Å². The monoisotopic (exact) mass is 242 g/mol. The predicted molar refractivity (Wildman–Crippen MR) is 60.2 cm³/mol. The topological polar surface area (TPSA) is 86.7 Å². The Kier molecular flexibility index (Phi) is 4.48. The molecule has 0 radical (unpaired) electrons. The van der Waals surface area contributed by atoms with Gasteiger partial charge in [0.1, 0.15) is 6.54 Å². The lowest BCUT2D eigenvalue weighted by Gasteiger charge is -2.23. The van der Waals surface area contributed by atoms with Gasteiger partial charge in [0, 0.05) is 19.0 Å². The van der Waals surface area contributed by atoms with E-state index in [4.69, 9.17) is 5.11 Å². The molecule has 2 N–H and O–H groups in total. The van der Waals surface area contributed by atoms with Crippen molar-refractivity contribution >= 4 is 17.8 Å². The second-order valence-electron chi connectivity index (χ2n) is 4.32. The van der Waals surface area contributed by atoms with Gasteiger partial charge in [0.15, 0.2) is 0 Å². The van der Waals surface area contributed by atoms with Crippen LogP contribution < -0.4 is 5.32 Å². The van der Waals surface area contributed by atoms with Crippen LogP contribution in [0, 0.1) is 5.92 Å². The summed E-state index contributed by atoms with van der Waals surface area (Å²) in [4.78, 5) is 35.3. The van der Waals surface area contributed by atoms with E-state index in [0.717, 1.165) is 6.42 Å². The van der Waals surface area contributed by atoms with Crippen molar-refractivity contribution in [1.29, 1.82) is 0 Å². The van der Waals surface area contributed by atoms with Crippen molar-refractivity contribution < 1.29 is 19.5 Å². The van der Waals surface area contributed by atoms with Gasteiger partial charge in [-0.1, -0.05) is 6.92 Å². The van der Waals surface area contributed by atoms with Crippen LogP contribution >= 0.6 is 0 Å². The molecule has 6 heteroatoms. The van der Waals surface area contributed by atoms with Gasteiger partial charge in [-0.2, -0.15) is 0 Å². The van der Waals surface area contributed by atoms with Crippen LogP contribution in [0.15, 0.2) is 0 Å². The predicted octanol–water partition coefficient (Wildman–Crippen LogP) is -0.166. The smallest absolute Gasteiger partial charge is 0.322 e. The zero-order chi connectivity index (χ0) is 13.0. The first-order chi connectivity index (χ1) is 7.95. The van der Waals surface area contributed by atoms with Gasteiger partial charge in [0.2, 0.25) is 11.8 Å². The molecule has 6 nitrogen and oxygen atoms in total. The third kappa shape index (κ3) is 3.44. The molecule has 0 aromatic heterocycles. The van der Waals surface area contributed by atoms with Crippen LogP contribution in [-0.2, 0) is 14.4 Å². The second kappa shape index (κ2) is 5.65. The van der Waals surface area contributed by atoms with Gasteiger partial charge >= 0.3 is 5.97 Å². The zero-order valence-corrected chi connectivity index (χ0v) is 10.1. The number of hydrogen-bond donors (Lipinski definition) is 2. The van der Waals surface area contributed by atoms with Gasteiger partial charge in [-0.15, -0.1) is 0 Å². The minimum atomic E-state index is -1.08. The second-order valence-corrected chi connectivity index (χ2v) is 4.32. The summed E-state index contributed by atoms with van der Waals surface area (Å²) >= 11 is 0. The summed E-state index contributed by atoms with van der Waals surface area (Å²) in [5.41, 5.74) is 0. The van der Waals surface area contributed by atoms with Gasteiger partial charge < -0.3 is 15.3 Å². The van der Waals surface area contributed by atoms with Gasteiger partial charge in [0.05, 0.1) is 5.92 Å². The van der Waals surface area contributed by atoms with Gasteiger partial charge in [0.25, 0.3) is 0 Å². The SMILES string of the molecule is CCC(C)N1CC(C(=O)NCC(=O)O)CC1=O. The van der Waals surface area contributed by atoms with Gasteiger partial charge in [-0.3, -0.25) is 14.4 Å². The Labute approximate surface area is 100.0 Å². The molecule has 2 atom stereocenters. The summed E-state index contributed by atoms with van der Waals surface area (Å²) in [5, 5.41) is 10.7. The van der Waals surface area contributed by atoms with E-state index >= 15 is 0 Å². The van der Waals surface area contributed by atoms with Crippen molar-refractivity contribution in [2.75, 3.05) is 13.1 Å². The largest absolute Gasteiger partial charge is 0.480 e. The molecule has 96 valence electrons. The fourth-order valence-corrected chi connectivity index (χ4v) is 1.86. The summed E-state index contributed by atoms with van der Waals surface area (Å²) in [6.45, 7) is 3.91. The van der Waals surface area contributed by atoms with Crippen LogP contribution in [0.2, 0.25) is 0 Å². The van der Waals surface area contributed by atoms with E-state index in [1.54, 1.807) is 4.90 Å². The number of hydrogen-bond acceptors (Lipinski definition) is 3. The standard InChI is InChI=1S/C11H18N2O4/c1-3-7(2)13-6-8(4-9(13)14)11(17)12-5-10(15)16/h7-8H,3-6H2,1-2H3,(H,12,17)(H,15,16). The Morgan fingerprint density at radius 3 is 2.76 bits per heavy atom. The number of aliphatic carboxylic acids is 1. The average molecular weight is 242 g/mol. The van der Waals surface area contributed by atoms with Crippen LogP contribution in [0.25, 0.3) is 0 Å². The van der Waals surface area contributed by atoms with E-state index in [9.17, 15) is 14.4 Å². The molecule has 1 heterocycles. The normalized spacial score (nSPS) is 21.4. The van der Waals surface area contributed by atoms with Crippen molar-refractivity contribution in [3.05, 3.63) is 0 Å². The Balaban J connectivity index is 2.50. The number of carbonyl (C=O) groups excluding carboxylic acids is 2. The van der Waals surface area contributed by atoms with E-state index in [-0.39, 0.29) is 24.3 Å². The first-order valence-electron chi connectivity index (χ1n) is 5.74. The third-order valence-electron chi connectivity index (χ3n) is 3.07. The highest BCUT2D eigenvalue weighted by atomic mass is 16.4. The average Bonchev–Trinajstić information content (AvgIpc) is 2.67. The molecule has 0 aromatic rings. The van der Waals surface area contributed by atoms with Crippen LogP contribution in [0.3, 0.4) is 0 Å². The summed E-state index contributed by atoms with van der Waals surface area (Å²) < 4.78 is 0. The minimum Gasteiger partial charge on any atom is -0.480 e. The van der Waals surface area contributed by atoms with Crippen LogP contribution in [0.1, 0.15) is 26.7 Å². The van der Waals surface area contributed by atoms with Crippen LogP contribution in [0.5, 0.6) is 0 Å². The molecular weight excluding hydrogens is 224 g/mol. The number of amides is 2. The molecule has 2 amide bonds. The number of nitrogens with zero attached hydrogens (tertiary/aromatic N) is 1. The van der Waals surface area contributed by atoms with E-state index in [1.165, 1.54) is 0 Å². The lowest BCUT2D eigenvalue weighted by atomic mass is 10.1. The Morgan fingerprint density at radius 2 is 2.24 bits per heavy atom. The van der Waals surface area contributed by atoms with E-state index in [2.05, 4.69) is 5.32 Å². The molecule has 0 aliphatic carbocycles. The van der Waals surface area contributed by atoms with Crippen molar-refractivity contribution in [1.82, 2.24) is 10.2 Å². The summed E-state index contributed by atoms with van der Waals surface area (Å²) in [6, 6.07) is 0.125. The zero-order valence-electron chi connectivity index (χ0n) is 10.1. The Morgan fingerprint density at radius 1 is 1.59 bits per heavy atom. The molecule has 1 aliphatic heterocycles. The van der Waals surface area contributed by atoms with Gasteiger partial charge in [-0.25, -0.2) is 0 Å². The minimum absolute atomic E-state index is 0.0326. The Hall–Kier alpha value is -1.59. The van der Waals surface area contributed by atoms with Crippen molar-refractivity contribution in [3.8, 4) is 0 Å². The van der Waals surface area contributed by atoms with Crippen LogP contribution in [0.4, 0.5) is 0 Å². The number of rotatable bonds is 5. The van der Waals surface area contributed by atoms with E-state index in [0.29, 0.717) is 6.54 Å². The molecule has 1 saturated heterocycles. The molecular formula is C11H18N2O4. The van der Waals surface area contributed by atoms with Crippen molar-refractivity contribution in [3.63, 3.8) is 0 Å². The van der Waals surface area contributed by atoms with Crippen molar-refractivity contribution in [2.24, 2.45) is 5.92 Å². The Bertz CT molecular complexity index is 329. The maximum absolute atomic E-state index is 11.7. The third-order valence-corrected chi connectivity index (χ3v) is 3.07. The number of carbonyl (C=O) groups is 3. The first kappa shape index (κ1) is 13.5. The van der Waals surface area contributed by atoms with Gasteiger partial charge in [-0.05, 0) is 13.3 Å². The van der Waals surface area contributed by atoms with Crippen molar-refractivity contribution in [2.45, 2.75) is 32.7 Å². The highest BCUT2D eigenvalue weighted by Gasteiger charge is 2.35. The highest BCUT2D eigenvalue weighted by molar-refractivity contribution is 5.90. The maximum atomic E-state index is 11.7. The molecule has 17 heavy (non-hydrogen) atoms. The summed E-state index contributed by atoms with van der Waals surface area (Å²) in [6.07, 6.45) is 1.02. The summed E-state index contributed by atoms with van der Waals surface area (Å²) in [7, 11) is 0. The summed E-state index contributed by atoms with van der Waals surface area (Å²) in [5.74, 6) is -1.89. The molecule has 0 aromatic carbocycles. The molecule has 1 rings (SSSR count). The number of likely N-dealkylation sites (tertiary alicyclic amines) is 1. The number of carboxylic acid groups (broad SMARTS) is 1. The highest BCUT2D eigenvalue weighted by Crippen LogP contribution is 2.21. The number of carboxylic acids is 1. The lowest BCUT2D eigenvalue weighted by Crippen LogP contribution is -2.38. The fraction of sp³-hybridized carbons (Fsp3) is 0.727. The number of nitrogens with one attached hydrogen (secondary N) is 1. The molecule has 0 saturated carbocycles.